The first-order valence-corrected chi connectivity index (χ1v) is 17.5. The van der Waals surface area contributed by atoms with E-state index in [0.29, 0.717) is 28.3 Å². The molecule has 44 heavy (non-hydrogen) atoms. The number of aryl methyl sites for hydroxylation is 1. The second kappa shape index (κ2) is 11.3. The Morgan fingerprint density at radius 1 is 0.955 bits per heavy atom. The molecule has 1 aromatic heterocycles. The van der Waals surface area contributed by atoms with Crippen molar-refractivity contribution in [1.29, 1.82) is 0 Å². The molecule has 7 atom stereocenters. The summed E-state index contributed by atoms with van der Waals surface area (Å²) in [4.78, 5) is 41.2. The van der Waals surface area contributed by atoms with Crippen LogP contribution in [0.2, 0.25) is 0 Å². The Hall–Kier alpha value is -2.13. The predicted octanol–water partition coefficient (Wildman–Crippen LogP) is 8.18. The summed E-state index contributed by atoms with van der Waals surface area (Å²) in [5, 5.41) is 20.8. The summed E-state index contributed by atoms with van der Waals surface area (Å²) in [7, 11) is 0. The average molecular weight is 628 g/mol. The monoisotopic (exact) mass is 627 g/mol. The zero-order chi connectivity index (χ0) is 32.5. The fraction of sp³-hybridized carbons (Fsp3) is 0.800. The normalized spacial score (nSPS) is 38.9. The van der Waals surface area contributed by atoms with Crippen molar-refractivity contribution in [3.05, 3.63) is 16.2 Å². The lowest BCUT2D eigenvalue weighted by molar-refractivity contribution is -0.250. The molecular weight excluding hydrogens is 574 g/mol. The first kappa shape index (κ1) is 33.2. The van der Waals surface area contributed by atoms with E-state index in [-0.39, 0.29) is 40.8 Å². The first-order chi connectivity index (χ1) is 20.5. The van der Waals surface area contributed by atoms with Gasteiger partial charge >= 0.3 is 5.97 Å². The number of amides is 1. The van der Waals surface area contributed by atoms with E-state index in [9.17, 15) is 19.6 Å². The molecule has 0 aliphatic heterocycles. The Morgan fingerprint density at radius 2 is 1.66 bits per heavy atom. The molecule has 0 unspecified atom stereocenters. The number of hydrogen-bond donors (Lipinski definition) is 2. The smallest absolute Gasteiger partial charge is 0.301 e. The molecule has 0 aromatic carbocycles. The third-order valence-corrected chi connectivity index (χ3v) is 14.2. The maximum atomic E-state index is 13.3. The molecule has 8 nitrogen and oxygen atoms in total. The highest BCUT2D eigenvalue weighted by atomic mass is 32.1. The summed E-state index contributed by atoms with van der Waals surface area (Å²) in [6, 6.07) is 0. The van der Waals surface area contributed by atoms with E-state index in [1.54, 1.807) is 0 Å². The predicted molar refractivity (Wildman–Crippen MR) is 172 cm³/mol. The van der Waals surface area contributed by atoms with Gasteiger partial charge in [-0.2, -0.15) is 5.26 Å². The van der Waals surface area contributed by atoms with Crippen LogP contribution in [0, 0.1) is 57.7 Å². The minimum absolute atomic E-state index is 0.0464. The fourth-order valence-electron chi connectivity index (χ4n) is 11.5. The third kappa shape index (κ3) is 4.90. The molecule has 0 bridgehead atoms. The van der Waals surface area contributed by atoms with Crippen LogP contribution in [0.15, 0.2) is 11.1 Å². The molecule has 4 saturated carbocycles. The van der Waals surface area contributed by atoms with Gasteiger partial charge in [0.15, 0.2) is 5.78 Å². The van der Waals surface area contributed by atoms with E-state index in [2.05, 4.69) is 68.9 Å². The summed E-state index contributed by atoms with van der Waals surface area (Å²) in [6.45, 7) is 20.1. The summed E-state index contributed by atoms with van der Waals surface area (Å²) in [5.41, 5.74) is 1.96. The average Bonchev–Trinajstić information content (AvgIpc) is 3.47. The van der Waals surface area contributed by atoms with Crippen LogP contribution in [0.4, 0.5) is 5.13 Å². The molecule has 244 valence electrons. The highest BCUT2D eigenvalue weighted by Gasteiger charge is 2.70. The lowest BCUT2D eigenvalue weighted by atomic mass is 9.33. The minimum Gasteiger partial charge on any atom is -0.301 e. The van der Waals surface area contributed by atoms with E-state index in [1.165, 1.54) is 56.8 Å². The van der Waals surface area contributed by atoms with Crippen LogP contribution >= 0.6 is 11.3 Å². The molecule has 0 saturated heterocycles. The second-order valence-electron chi connectivity index (χ2n) is 16.3. The summed E-state index contributed by atoms with van der Waals surface area (Å²) >= 11 is 1.36. The summed E-state index contributed by atoms with van der Waals surface area (Å²) < 4.78 is 0. The van der Waals surface area contributed by atoms with Crippen LogP contribution in [0.25, 0.3) is 0 Å². The van der Waals surface area contributed by atoms with E-state index in [1.807, 2.05) is 6.92 Å². The maximum Gasteiger partial charge on any atom is 0.352 e. The molecule has 5 aliphatic carbocycles. The van der Waals surface area contributed by atoms with E-state index < -0.39 is 11.4 Å². The van der Waals surface area contributed by atoms with Crippen molar-refractivity contribution in [2.75, 3.05) is 5.32 Å². The fourth-order valence-corrected chi connectivity index (χ4v) is 12.2. The molecule has 0 spiro atoms. The quantitative estimate of drug-likeness (QED) is 0.256. The number of carbonyl (C=O) groups excluding carboxylic acids is 3. The number of carbonyl (C=O) groups is 3. The molecule has 1 amide bonds. The van der Waals surface area contributed by atoms with Crippen LogP contribution in [0.1, 0.15) is 125 Å². The van der Waals surface area contributed by atoms with E-state index in [4.69, 9.17) is 0 Å². The lowest BCUT2D eigenvalue weighted by Gasteiger charge is -2.71. The number of aromatic nitrogens is 2. The number of anilines is 1. The van der Waals surface area contributed by atoms with Crippen molar-refractivity contribution < 1.29 is 24.5 Å². The molecule has 6 rings (SSSR count). The Labute approximate surface area is 267 Å². The first-order valence-electron chi connectivity index (χ1n) is 16.7. The number of nitrogens with one attached hydrogen (secondary N) is 1. The van der Waals surface area contributed by atoms with Gasteiger partial charge < -0.3 is 10.2 Å². The number of rotatable bonds is 3. The number of ketones is 1. The van der Waals surface area contributed by atoms with Crippen molar-refractivity contribution in [3.63, 3.8) is 0 Å². The van der Waals surface area contributed by atoms with E-state index in [0.717, 1.165) is 34.9 Å². The highest BCUT2D eigenvalue weighted by molar-refractivity contribution is 7.15. The lowest BCUT2D eigenvalue weighted by Crippen LogP contribution is -2.64. The van der Waals surface area contributed by atoms with Gasteiger partial charge in [0, 0.05) is 13.3 Å². The Morgan fingerprint density at radius 3 is 2.25 bits per heavy atom. The van der Waals surface area contributed by atoms with Gasteiger partial charge in [-0.25, -0.2) is 4.79 Å². The van der Waals surface area contributed by atoms with Crippen LogP contribution in [-0.4, -0.2) is 33.1 Å². The van der Waals surface area contributed by atoms with Crippen molar-refractivity contribution in [1.82, 2.24) is 10.2 Å². The van der Waals surface area contributed by atoms with Gasteiger partial charge in [0.2, 0.25) is 11.0 Å². The topological polar surface area (TPSA) is 118 Å². The molecule has 2 N–H and O–H groups in total. The number of hydrogen-bond acceptors (Lipinski definition) is 8. The molecule has 1 aromatic rings. The third-order valence-electron chi connectivity index (χ3n) is 13.5. The Balaban J connectivity index is 0.000000328. The number of Topliss-reactive ketones (excluding diaryl/α,β-unsaturated/α-hetero) is 1. The van der Waals surface area contributed by atoms with Gasteiger partial charge in [0.1, 0.15) is 10.4 Å². The molecule has 0 radical (unpaired) electrons. The highest BCUT2D eigenvalue weighted by Crippen LogP contribution is 2.76. The van der Waals surface area contributed by atoms with Crippen LogP contribution in [0.5, 0.6) is 0 Å². The zero-order valence-electron chi connectivity index (χ0n) is 28.3. The molecule has 4 fully saturated rings. The van der Waals surface area contributed by atoms with E-state index >= 15 is 0 Å². The molecule has 1 heterocycles. The van der Waals surface area contributed by atoms with Crippen molar-refractivity contribution >= 4 is 34.1 Å². The SMILES string of the molecule is CC(=O)Nc1nnc(C)s1.CC(C)C1=C2[C@H]3CC[C@@H]4[C@@]5(C)CCCC(C)(C)[C@@H]5CC[C@@]4(C)[C@]3(C)CC[C@@]2(C(=O)OO)CC1=O. The van der Waals surface area contributed by atoms with Crippen LogP contribution in [0.3, 0.4) is 0 Å². The minimum atomic E-state index is -0.952. The summed E-state index contributed by atoms with van der Waals surface area (Å²) in [6.07, 6.45) is 10.5. The van der Waals surface area contributed by atoms with Gasteiger partial charge in [0.25, 0.3) is 0 Å². The molecular formula is C35H53N3O5S. The number of nitrogens with zero attached hydrogens (tertiary/aromatic N) is 2. The van der Waals surface area contributed by atoms with Crippen LogP contribution in [-0.2, 0) is 19.3 Å². The Kier molecular flexibility index (Phi) is 8.53. The number of fused-ring (bicyclic) bond motifs is 7. The van der Waals surface area contributed by atoms with Crippen LogP contribution < -0.4 is 5.32 Å². The van der Waals surface area contributed by atoms with Gasteiger partial charge in [-0.15, -0.1) is 10.2 Å². The van der Waals surface area contributed by atoms with Crippen molar-refractivity contribution in [3.8, 4) is 0 Å². The van der Waals surface area contributed by atoms with Gasteiger partial charge in [-0.05, 0) is 115 Å². The van der Waals surface area contributed by atoms with Crippen molar-refractivity contribution in [2.24, 2.45) is 50.7 Å². The second-order valence-corrected chi connectivity index (χ2v) is 17.5. The molecule has 9 heteroatoms. The largest absolute Gasteiger partial charge is 0.352 e. The Bertz CT molecular complexity index is 1370. The van der Waals surface area contributed by atoms with Gasteiger partial charge in [0.05, 0.1) is 0 Å². The zero-order valence-corrected chi connectivity index (χ0v) is 29.1. The van der Waals surface area contributed by atoms with Gasteiger partial charge in [-0.1, -0.05) is 66.2 Å². The maximum absolute atomic E-state index is 13.3. The van der Waals surface area contributed by atoms with Crippen molar-refractivity contribution in [2.45, 2.75) is 127 Å². The standard InChI is InChI=1S/C30H46O4.C5H7N3OS/c1-18(2)23-20(31)17-30(25(32)34-33)16-15-28(6)19(24(23)30)9-10-22-27(5)13-8-12-26(3,4)21(27)11-14-29(22,28)7;1-3(9)6-5-8-7-4(2)10-5/h18-19,21-22,33H,8-17H2,1-7H3;1-2H3,(H,6,8,9)/t19-,21+,22-,27+,28-,29-,30-;/m1./s1. The molecule has 5 aliphatic rings. The number of allylic oxidation sites excluding steroid dienone is 1. The summed E-state index contributed by atoms with van der Waals surface area (Å²) in [5.74, 6) is 1.12. The van der Waals surface area contributed by atoms with Gasteiger partial charge in [-0.3, -0.25) is 9.59 Å².